The van der Waals surface area contributed by atoms with E-state index in [1.165, 1.54) is 32.1 Å². The average Bonchev–Trinajstić information content (AvgIpc) is 2.43. The second kappa shape index (κ2) is 7.08. The predicted octanol–water partition coefficient (Wildman–Crippen LogP) is 3.75. The van der Waals surface area contributed by atoms with Crippen LogP contribution < -0.4 is 0 Å². The molecule has 2 nitrogen and oxygen atoms in total. The van der Waals surface area contributed by atoms with E-state index in [2.05, 4.69) is 13.8 Å². The number of hydrogen-bond acceptors (Lipinski definition) is 2. The summed E-state index contributed by atoms with van der Waals surface area (Å²) in [5.74, 6) is 3.25. The zero-order valence-electron chi connectivity index (χ0n) is 12.7. The summed E-state index contributed by atoms with van der Waals surface area (Å²) in [6.45, 7) is 4.73. The van der Waals surface area contributed by atoms with Gasteiger partial charge in [0.05, 0.1) is 12.2 Å². The fourth-order valence-electron chi connectivity index (χ4n) is 4.56. The Labute approximate surface area is 118 Å². The molecular weight excluding hydrogens is 236 g/mol. The molecule has 2 N–H and O–H groups in total. The van der Waals surface area contributed by atoms with Crippen LogP contribution in [0.1, 0.15) is 71.6 Å². The first-order chi connectivity index (χ1) is 9.11. The van der Waals surface area contributed by atoms with Crippen molar-refractivity contribution in [2.45, 2.75) is 83.8 Å². The van der Waals surface area contributed by atoms with E-state index in [0.717, 1.165) is 49.4 Å². The van der Waals surface area contributed by atoms with Gasteiger partial charge in [-0.05, 0) is 75.0 Å². The lowest BCUT2D eigenvalue weighted by Gasteiger charge is -2.42. The molecule has 2 rings (SSSR count). The first-order valence-electron chi connectivity index (χ1n) is 8.48. The van der Waals surface area contributed by atoms with Crippen LogP contribution in [0.2, 0.25) is 0 Å². The van der Waals surface area contributed by atoms with Gasteiger partial charge in [-0.2, -0.15) is 0 Å². The molecule has 1 unspecified atom stereocenters. The first-order valence-corrected chi connectivity index (χ1v) is 8.48. The van der Waals surface area contributed by atoms with Crippen molar-refractivity contribution < 1.29 is 10.2 Å². The molecule has 0 saturated heterocycles. The third-order valence-corrected chi connectivity index (χ3v) is 5.87. The van der Waals surface area contributed by atoms with Gasteiger partial charge >= 0.3 is 0 Å². The molecule has 0 spiro atoms. The lowest BCUT2D eigenvalue weighted by atomic mass is 9.64. The third kappa shape index (κ3) is 3.95. The van der Waals surface area contributed by atoms with Crippen molar-refractivity contribution in [1.82, 2.24) is 0 Å². The van der Waals surface area contributed by atoms with Crippen LogP contribution in [0, 0.1) is 23.7 Å². The van der Waals surface area contributed by atoms with Crippen LogP contribution >= 0.6 is 0 Å². The highest BCUT2D eigenvalue weighted by Crippen LogP contribution is 2.44. The molecule has 2 aliphatic carbocycles. The van der Waals surface area contributed by atoms with Gasteiger partial charge in [0, 0.05) is 0 Å². The van der Waals surface area contributed by atoms with Crippen molar-refractivity contribution in [2.75, 3.05) is 0 Å². The summed E-state index contributed by atoms with van der Waals surface area (Å²) < 4.78 is 0. The molecule has 1 atom stereocenters. The van der Waals surface area contributed by atoms with Gasteiger partial charge in [-0.1, -0.05) is 20.3 Å². The highest BCUT2D eigenvalue weighted by Gasteiger charge is 2.36. The summed E-state index contributed by atoms with van der Waals surface area (Å²) in [6.07, 6.45) is 10.1. The van der Waals surface area contributed by atoms with Crippen LogP contribution in [0.4, 0.5) is 0 Å². The van der Waals surface area contributed by atoms with Crippen LogP contribution in [-0.4, -0.2) is 22.4 Å². The van der Waals surface area contributed by atoms with Gasteiger partial charge in [0.2, 0.25) is 0 Å². The van der Waals surface area contributed by atoms with Gasteiger partial charge in [0.25, 0.3) is 0 Å². The Morgan fingerprint density at radius 1 is 0.789 bits per heavy atom. The summed E-state index contributed by atoms with van der Waals surface area (Å²) in [5.41, 5.74) is 0. The van der Waals surface area contributed by atoms with Gasteiger partial charge in [-0.25, -0.2) is 0 Å². The van der Waals surface area contributed by atoms with Crippen LogP contribution in [0.5, 0.6) is 0 Å². The molecule has 0 heterocycles. The molecule has 2 fully saturated rings. The molecule has 2 saturated carbocycles. The number of hydrogen-bond donors (Lipinski definition) is 2. The van der Waals surface area contributed by atoms with Crippen molar-refractivity contribution in [3.8, 4) is 0 Å². The van der Waals surface area contributed by atoms with E-state index < -0.39 is 0 Å². The molecule has 0 aromatic carbocycles. The monoisotopic (exact) mass is 268 g/mol. The molecule has 0 amide bonds. The maximum Gasteiger partial charge on any atom is 0.0540 e. The number of aliphatic hydroxyl groups is 2. The first kappa shape index (κ1) is 15.3. The summed E-state index contributed by atoms with van der Waals surface area (Å²) in [7, 11) is 0. The largest absolute Gasteiger partial charge is 0.393 e. The Kier molecular flexibility index (Phi) is 5.70. The standard InChI is InChI=1S/C17H32O2/c1-3-12(2)17(13-4-8-15(18)9-5-13)14-6-10-16(19)11-7-14/h12-19H,3-11H2,1-2H3. The zero-order chi connectivity index (χ0) is 13.8. The Hall–Kier alpha value is -0.0800. The van der Waals surface area contributed by atoms with Crippen LogP contribution in [0.15, 0.2) is 0 Å². The Morgan fingerprint density at radius 2 is 1.16 bits per heavy atom. The maximum absolute atomic E-state index is 9.72. The lowest BCUT2D eigenvalue weighted by molar-refractivity contribution is 0.0249. The third-order valence-electron chi connectivity index (χ3n) is 5.87. The molecule has 0 aromatic rings. The van der Waals surface area contributed by atoms with E-state index in [9.17, 15) is 10.2 Å². The fourth-order valence-corrected chi connectivity index (χ4v) is 4.56. The average molecular weight is 268 g/mol. The van der Waals surface area contributed by atoms with E-state index in [4.69, 9.17) is 0 Å². The van der Waals surface area contributed by atoms with Crippen molar-refractivity contribution in [3.05, 3.63) is 0 Å². The molecule has 2 heteroatoms. The molecule has 112 valence electrons. The van der Waals surface area contributed by atoms with E-state index in [1.54, 1.807) is 0 Å². The molecule has 0 radical (unpaired) electrons. The van der Waals surface area contributed by atoms with Crippen molar-refractivity contribution in [1.29, 1.82) is 0 Å². The summed E-state index contributed by atoms with van der Waals surface area (Å²) in [5, 5.41) is 19.4. The quantitative estimate of drug-likeness (QED) is 0.815. The minimum atomic E-state index is -0.0398. The van der Waals surface area contributed by atoms with Crippen LogP contribution in [0.25, 0.3) is 0 Å². The Morgan fingerprint density at radius 3 is 1.47 bits per heavy atom. The van der Waals surface area contributed by atoms with E-state index >= 15 is 0 Å². The van der Waals surface area contributed by atoms with Gasteiger partial charge in [0.1, 0.15) is 0 Å². The number of aliphatic hydroxyl groups excluding tert-OH is 2. The highest BCUT2D eigenvalue weighted by molar-refractivity contribution is 4.87. The topological polar surface area (TPSA) is 40.5 Å². The molecule has 2 aliphatic rings. The van der Waals surface area contributed by atoms with Crippen molar-refractivity contribution >= 4 is 0 Å². The second-order valence-corrected chi connectivity index (χ2v) is 7.10. The SMILES string of the molecule is CCC(C)C(C1CCC(O)CC1)C1CCC(O)CC1. The Balaban J connectivity index is 1.99. The fraction of sp³-hybridized carbons (Fsp3) is 1.00. The van der Waals surface area contributed by atoms with Crippen LogP contribution in [-0.2, 0) is 0 Å². The zero-order valence-corrected chi connectivity index (χ0v) is 12.7. The molecule has 0 bridgehead atoms. The smallest absolute Gasteiger partial charge is 0.0540 e. The van der Waals surface area contributed by atoms with Gasteiger partial charge in [-0.3, -0.25) is 0 Å². The Bertz CT molecular complexity index is 228. The lowest BCUT2D eigenvalue weighted by Crippen LogP contribution is -2.35. The predicted molar refractivity (Wildman–Crippen MR) is 78.9 cm³/mol. The summed E-state index contributed by atoms with van der Waals surface area (Å²) in [4.78, 5) is 0. The molecular formula is C17H32O2. The highest BCUT2D eigenvalue weighted by atomic mass is 16.3. The van der Waals surface area contributed by atoms with Gasteiger partial charge in [0.15, 0.2) is 0 Å². The van der Waals surface area contributed by atoms with Crippen LogP contribution in [0.3, 0.4) is 0 Å². The summed E-state index contributed by atoms with van der Waals surface area (Å²) >= 11 is 0. The maximum atomic E-state index is 9.72. The van der Waals surface area contributed by atoms with Crippen molar-refractivity contribution in [2.24, 2.45) is 23.7 Å². The molecule has 19 heavy (non-hydrogen) atoms. The number of rotatable bonds is 4. The molecule has 0 aliphatic heterocycles. The van der Waals surface area contributed by atoms with E-state index in [-0.39, 0.29) is 12.2 Å². The minimum Gasteiger partial charge on any atom is -0.393 e. The minimum absolute atomic E-state index is 0.0398. The normalized spacial score (nSPS) is 39.8. The van der Waals surface area contributed by atoms with Gasteiger partial charge in [-0.15, -0.1) is 0 Å². The van der Waals surface area contributed by atoms with E-state index in [1.807, 2.05) is 0 Å². The van der Waals surface area contributed by atoms with Gasteiger partial charge < -0.3 is 10.2 Å². The summed E-state index contributed by atoms with van der Waals surface area (Å²) in [6, 6.07) is 0. The van der Waals surface area contributed by atoms with E-state index in [0.29, 0.717) is 0 Å². The second-order valence-electron chi connectivity index (χ2n) is 7.10. The van der Waals surface area contributed by atoms with Crippen molar-refractivity contribution in [3.63, 3.8) is 0 Å². The molecule has 0 aromatic heterocycles.